The van der Waals surface area contributed by atoms with E-state index in [1.54, 1.807) is 19.1 Å². The monoisotopic (exact) mass is 382 g/mol. The van der Waals surface area contributed by atoms with Crippen molar-refractivity contribution in [1.82, 2.24) is 19.8 Å². The summed E-state index contributed by atoms with van der Waals surface area (Å²) >= 11 is 0. The number of ether oxygens (including phenoxy) is 2. The molecule has 2 aromatic rings. The second-order valence-corrected chi connectivity index (χ2v) is 6.98. The molecule has 1 aromatic heterocycles. The third-order valence-corrected chi connectivity index (χ3v) is 5.33. The standard InChI is InChI=1S/C20H22N4O4/c1-27-17-7-13-3-6-23(10-14(13)8-18(17)28-2)19(25)15-11-24(12-15)20(26)16-9-21-4-5-22-16/h4-5,7-9,15H,3,6,10-12H2,1-2H3. The minimum atomic E-state index is -0.182. The molecule has 1 fully saturated rings. The van der Waals surface area contributed by atoms with E-state index in [2.05, 4.69) is 9.97 Å². The smallest absolute Gasteiger partial charge is 0.274 e. The first-order valence-electron chi connectivity index (χ1n) is 9.18. The highest BCUT2D eigenvalue weighted by Crippen LogP contribution is 2.34. The number of nitrogens with zero attached hydrogens (tertiary/aromatic N) is 4. The van der Waals surface area contributed by atoms with E-state index in [1.807, 2.05) is 17.0 Å². The number of hydrogen-bond acceptors (Lipinski definition) is 6. The molecule has 146 valence electrons. The SMILES string of the molecule is COc1cc2c(cc1OC)CN(C(=O)C1CN(C(=O)c3cnccn3)C1)CC2. The Morgan fingerprint density at radius 1 is 1.04 bits per heavy atom. The Kier molecular flexibility index (Phi) is 4.85. The summed E-state index contributed by atoms with van der Waals surface area (Å²) in [6.07, 6.45) is 5.24. The van der Waals surface area contributed by atoms with Gasteiger partial charge in [-0.1, -0.05) is 0 Å². The van der Waals surface area contributed by atoms with Crippen LogP contribution in [-0.4, -0.2) is 65.4 Å². The molecule has 28 heavy (non-hydrogen) atoms. The van der Waals surface area contributed by atoms with E-state index < -0.39 is 0 Å². The molecule has 3 heterocycles. The van der Waals surface area contributed by atoms with E-state index >= 15 is 0 Å². The van der Waals surface area contributed by atoms with Gasteiger partial charge in [0.15, 0.2) is 11.5 Å². The van der Waals surface area contributed by atoms with Crippen molar-refractivity contribution in [2.24, 2.45) is 5.92 Å². The molecule has 1 aromatic carbocycles. The summed E-state index contributed by atoms with van der Waals surface area (Å²) in [5, 5.41) is 0. The molecular weight excluding hydrogens is 360 g/mol. The number of hydrogen-bond donors (Lipinski definition) is 0. The molecule has 8 nitrogen and oxygen atoms in total. The number of carbonyl (C=O) groups excluding carboxylic acids is 2. The van der Waals surface area contributed by atoms with Crippen LogP contribution in [0.2, 0.25) is 0 Å². The van der Waals surface area contributed by atoms with Crippen molar-refractivity contribution in [1.29, 1.82) is 0 Å². The zero-order valence-corrected chi connectivity index (χ0v) is 15.9. The van der Waals surface area contributed by atoms with Crippen LogP contribution in [0.4, 0.5) is 0 Å². The Morgan fingerprint density at radius 3 is 2.39 bits per heavy atom. The fourth-order valence-electron chi connectivity index (χ4n) is 3.70. The van der Waals surface area contributed by atoms with Gasteiger partial charge >= 0.3 is 0 Å². The molecule has 0 spiro atoms. The van der Waals surface area contributed by atoms with Crippen molar-refractivity contribution in [3.63, 3.8) is 0 Å². The van der Waals surface area contributed by atoms with Gasteiger partial charge in [0.2, 0.25) is 5.91 Å². The lowest BCUT2D eigenvalue weighted by atomic mass is 9.94. The maximum atomic E-state index is 12.9. The molecule has 1 saturated heterocycles. The molecule has 0 N–H and O–H groups in total. The highest BCUT2D eigenvalue weighted by atomic mass is 16.5. The van der Waals surface area contributed by atoms with Gasteiger partial charge in [-0.3, -0.25) is 14.6 Å². The topological polar surface area (TPSA) is 84.9 Å². The van der Waals surface area contributed by atoms with Gasteiger partial charge in [0.25, 0.3) is 5.91 Å². The van der Waals surface area contributed by atoms with E-state index in [-0.39, 0.29) is 17.7 Å². The summed E-state index contributed by atoms with van der Waals surface area (Å²) in [4.78, 5) is 36.7. The van der Waals surface area contributed by atoms with E-state index in [0.717, 1.165) is 12.0 Å². The van der Waals surface area contributed by atoms with Gasteiger partial charge in [0.1, 0.15) is 5.69 Å². The minimum Gasteiger partial charge on any atom is -0.493 e. The number of carbonyl (C=O) groups is 2. The average molecular weight is 382 g/mol. The lowest BCUT2D eigenvalue weighted by molar-refractivity contribution is -0.140. The Labute approximate surface area is 163 Å². The van der Waals surface area contributed by atoms with Gasteiger partial charge < -0.3 is 19.3 Å². The number of likely N-dealkylation sites (tertiary alicyclic amines) is 1. The highest BCUT2D eigenvalue weighted by Gasteiger charge is 2.39. The first kappa shape index (κ1) is 18.2. The Hall–Kier alpha value is -3.16. The molecule has 0 bridgehead atoms. The lowest BCUT2D eigenvalue weighted by Gasteiger charge is -2.41. The van der Waals surface area contributed by atoms with Crippen LogP contribution < -0.4 is 9.47 Å². The van der Waals surface area contributed by atoms with Crippen LogP contribution >= 0.6 is 0 Å². The van der Waals surface area contributed by atoms with Crippen LogP contribution in [-0.2, 0) is 17.8 Å². The van der Waals surface area contributed by atoms with Crippen molar-refractivity contribution < 1.29 is 19.1 Å². The number of benzene rings is 1. The predicted molar refractivity (Wildman–Crippen MR) is 100 cm³/mol. The maximum absolute atomic E-state index is 12.9. The van der Waals surface area contributed by atoms with Crippen molar-refractivity contribution in [2.75, 3.05) is 33.9 Å². The summed E-state index contributed by atoms with van der Waals surface area (Å²) in [7, 11) is 3.22. The predicted octanol–water partition coefficient (Wildman–Crippen LogP) is 1.15. The minimum absolute atomic E-state index is 0.0867. The molecular formula is C20H22N4O4. The fraction of sp³-hybridized carbons (Fsp3) is 0.400. The first-order chi connectivity index (χ1) is 13.6. The molecule has 0 radical (unpaired) electrons. The number of methoxy groups -OCH3 is 2. The van der Waals surface area contributed by atoms with E-state index in [4.69, 9.17) is 9.47 Å². The van der Waals surface area contributed by atoms with Crippen molar-refractivity contribution >= 4 is 11.8 Å². The van der Waals surface area contributed by atoms with E-state index in [0.29, 0.717) is 43.4 Å². The number of aromatic nitrogens is 2. The summed E-state index contributed by atoms with van der Waals surface area (Å²) in [5.74, 6) is 1.11. The van der Waals surface area contributed by atoms with Crippen LogP contribution in [0.15, 0.2) is 30.7 Å². The Bertz CT molecular complexity index is 897. The fourth-order valence-corrected chi connectivity index (χ4v) is 3.70. The van der Waals surface area contributed by atoms with Gasteiger partial charge in [0.05, 0.1) is 26.3 Å². The molecule has 2 aliphatic heterocycles. The normalized spacial score (nSPS) is 16.2. The zero-order chi connectivity index (χ0) is 19.7. The van der Waals surface area contributed by atoms with Crippen LogP contribution in [0, 0.1) is 5.92 Å². The van der Waals surface area contributed by atoms with Crippen LogP contribution in [0.1, 0.15) is 21.6 Å². The Morgan fingerprint density at radius 2 is 1.75 bits per heavy atom. The van der Waals surface area contributed by atoms with E-state index in [1.165, 1.54) is 24.2 Å². The summed E-state index contributed by atoms with van der Waals surface area (Å²) in [6.45, 7) is 2.05. The average Bonchev–Trinajstić information content (AvgIpc) is 2.71. The maximum Gasteiger partial charge on any atom is 0.274 e. The second-order valence-electron chi connectivity index (χ2n) is 6.98. The second kappa shape index (κ2) is 7.46. The molecule has 0 unspecified atom stereocenters. The van der Waals surface area contributed by atoms with Crippen molar-refractivity contribution in [3.05, 3.63) is 47.5 Å². The largest absolute Gasteiger partial charge is 0.493 e. The van der Waals surface area contributed by atoms with Gasteiger partial charge in [0, 0.05) is 38.6 Å². The van der Waals surface area contributed by atoms with Crippen LogP contribution in [0.5, 0.6) is 11.5 Å². The molecule has 2 aliphatic rings. The first-order valence-corrected chi connectivity index (χ1v) is 9.18. The molecule has 0 saturated carbocycles. The lowest BCUT2D eigenvalue weighted by Crippen LogP contribution is -2.57. The van der Waals surface area contributed by atoms with Crippen molar-refractivity contribution in [3.8, 4) is 11.5 Å². The number of fused-ring (bicyclic) bond motifs is 1. The summed E-state index contributed by atoms with van der Waals surface area (Å²) in [6, 6.07) is 3.93. The highest BCUT2D eigenvalue weighted by molar-refractivity contribution is 5.94. The molecule has 8 heteroatoms. The quantitative estimate of drug-likeness (QED) is 0.789. The molecule has 2 amide bonds. The number of rotatable bonds is 4. The van der Waals surface area contributed by atoms with E-state index in [9.17, 15) is 9.59 Å². The molecule has 0 aliphatic carbocycles. The molecule has 0 atom stereocenters. The zero-order valence-electron chi connectivity index (χ0n) is 15.9. The van der Waals surface area contributed by atoms with Gasteiger partial charge in [-0.25, -0.2) is 4.98 Å². The molecule has 4 rings (SSSR count). The van der Waals surface area contributed by atoms with Crippen molar-refractivity contribution in [2.45, 2.75) is 13.0 Å². The van der Waals surface area contributed by atoms with Gasteiger partial charge in [-0.2, -0.15) is 0 Å². The van der Waals surface area contributed by atoms with Crippen LogP contribution in [0.3, 0.4) is 0 Å². The summed E-state index contributed by atoms with van der Waals surface area (Å²) < 4.78 is 10.7. The summed E-state index contributed by atoms with van der Waals surface area (Å²) in [5.41, 5.74) is 2.56. The van der Waals surface area contributed by atoms with Gasteiger partial charge in [-0.15, -0.1) is 0 Å². The third kappa shape index (κ3) is 3.26. The number of amides is 2. The van der Waals surface area contributed by atoms with Gasteiger partial charge in [-0.05, 0) is 29.7 Å². The Balaban J connectivity index is 1.39. The van der Waals surface area contributed by atoms with Crippen LogP contribution in [0.25, 0.3) is 0 Å². The third-order valence-electron chi connectivity index (χ3n) is 5.33.